The maximum Gasteiger partial charge on any atom is 0.268 e. The molecule has 0 radical (unpaired) electrons. The van der Waals surface area contributed by atoms with Crippen molar-refractivity contribution < 1.29 is 9.53 Å². The van der Waals surface area contributed by atoms with Gasteiger partial charge in [-0.1, -0.05) is 29.8 Å². The second kappa shape index (κ2) is 6.34. The minimum atomic E-state index is -0.136. The third-order valence-electron chi connectivity index (χ3n) is 3.85. The summed E-state index contributed by atoms with van der Waals surface area (Å²) >= 11 is 6.19. The zero-order valence-corrected chi connectivity index (χ0v) is 13.7. The Kier molecular flexibility index (Phi) is 4.26. The molecule has 4 nitrogen and oxygen atoms in total. The van der Waals surface area contributed by atoms with Gasteiger partial charge >= 0.3 is 0 Å². The Balaban J connectivity index is 1.81. The summed E-state index contributed by atoms with van der Waals surface area (Å²) in [5.74, 6) is 0.635. The predicted molar refractivity (Wildman–Crippen MR) is 92.1 cm³/mol. The summed E-state index contributed by atoms with van der Waals surface area (Å²) in [6, 6.07) is 15.1. The summed E-state index contributed by atoms with van der Waals surface area (Å²) in [4.78, 5) is 12.5. The van der Waals surface area contributed by atoms with Crippen LogP contribution in [0.1, 0.15) is 16.1 Å². The molecule has 0 atom stereocenters. The van der Waals surface area contributed by atoms with Crippen molar-refractivity contribution in [3.05, 3.63) is 64.8 Å². The van der Waals surface area contributed by atoms with Gasteiger partial charge in [-0.3, -0.25) is 4.79 Å². The quantitative estimate of drug-likeness (QED) is 0.792. The topological polar surface area (TPSA) is 43.3 Å². The smallest absolute Gasteiger partial charge is 0.268 e. The molecule has 5 heteroatoms. The Morgan fingerprint density at radius 3 is 2.74 bits per heavy atom. The fourth-order valence-electron chi connectivity index (χ4n) is 2.60. The van der Waals surface area contributed by atoms with Gasteiger partial charge in [-0.15, -0.1) is 0 Å². The fraction of sp³-hybridized carbons (Fsp3) is 0.167. The Morgan fingerprint density at radius 1 is 1.22 bits per heavy atom. The monoisotopic (exact) mass is 328 g/mol. The highest BCUT2D eigenvalue weighted by Crippen LogP contribution is 2.26. The van der Waals surface area contributed by atoms with Gasteiger partial charge in [0.1, 0.15) is 11.4 Å². The molecule has 1 amide bonds. The van der Waals surface area contributed by atoms with Crippen LogP contribution in [0.3, 0.4) is 0 Å². The zero-order chi connectivity index (χ0) is 16.4. The first-order valence-corrected chi connectivity index (χ1v) is 7.63. The van der Waals surface area contributed by atoms with E-state index in [1.165, 1.54) is 0 Å². The second-order valence-electron chi connectivity index (χ2n) is 5.30. The van der Waals surface area contributed by atoms with Crippen LogP contribution in [-0.2, 0) is 13.6 Å². The number of aromatic nitrogens is 1. The number of aryl methyl sites for hydroxylation is 1. The van der Waals surface area contributed by atoms with Gasteiger partial charge in [0, 0.05) is 29.5 Å². The lowest BCUT2D eigenvalue weighted by atomic mass is 10.2. The minimum Gasteiger partial charge on any atom is -0.497 e. The first kappa shape index (κ1) is 15.4. The summed E-state index contributed by atoms with van der Waals surface area (Å²) in [5, 5.41) is 4.45. The molecule has 0 bridgehead atoms. The molecule has 0 spiro atoms. The van der Waals surface area contributed by atoms with Crippen LogP contribution in [0.2, 0.25) is 5.02 Å². The van der Waals surface area contributed by atoms with Gasteiger partial charge in [0.05, 0.1) is 7.11 Å². The van der Waals surface area contributed by atoms with Crippen molar-refractivity contribution in [1.82, 2.24) is 9.88 Å². The van der Waals surface area contributed by atoms with Crippen LogP contribution < -0.4 is 10.1 Å². The number of fused-ring (bicyclic) bond motifs is 1. The number of amides is 1. The number of rotatable bonds is 4. The van der Waals surface area contributed by atoms with Gasteiger partial charge in [0.15, 0.2) is 0 Å². The van der Waals surface area contributed by atoms with E-state index in [2.05, 4.69) is 5.32 Å². The Bertz CT molecular complexity index is 871. The third kappa shape index (κ3) is 3.03. The molecule has 1 heterocycles. The van der Waals surface area contributed by atoms with Crippen molar-refractivity contribution in [2.75, 3.05) is 7.11 Å². The van der Waals surface area contributed by atoms with Crippen LogP contribution >= 0.6 is 11.6 Å². The van der Waals surface area contributed by atoms with Gasteiger partial charge in [-0.25, -0.2) is 0 Å². The Hall–Kier alpha value is -2.46. The molecule has 0 unspecified atom stereocenters. The van der Waals surface area contributed by atoms with Crippen LogP contribution in [0.25, 0.3) is 10.9 Å². The van der Waals surface area contributed by atoms with E-state index in [9.17, 15) is 4.79 Å². The van der Waals surface area contributed by atoms with E-state index in [1.54, 1.807) is 7.11 Å². The van der Waals surface area contributed by atoms with Crippen molar-refractivity contribution in [3.8, 4) is 5.75 Å². The number of methoxy groups -OCH3 is 1. The van der Waals surface area contributed by atoms with Gasteiger partial charge in [-0.05, 0) is 35.9 Å². The van der Waals surface area contributed by atoms with E-state index in [0.29, 0.717) is 17.3 Å². The number of carbonyl (C=O) groups is 1. The Morgan fingerprint density at radius 2 is 2.00 bits per heavy atom. The van der Waals surface area contributed by atoms with Gasteiger partial charge in [0.2, 0.25) is 0 Å². The number of carbonyl (C=O) groups excluding carboxylic acids is 1. The Labute approximate surface area is 139 Å². The maximum absolute atomic E-state index is 12.5. The molecule has 3 rings (SSSR count). The molecular weight excluding hydrogens is 312 g/mol. The summed E-state index contributed by atoms with van der Waals surface area (Å²) in [5.41, 5.74) is 2.49. The fourth-order valence-corrected chi connectivity index (χ4v) is 2.82. The number of hydrogen-bond donors (Lipinski definition) is 1. The molecule has 118 valence electrons. The SMILES string of the molecule is COc1cccc(CNC(=O)c2cc3c(Cl)cccc3n2C)c1. The van der Waals surface area contributed by atoms with E-state index in [-0.39, 0.29) is 5.91 Å². The van der Waals surface area contributed by atoms with Crippen LogP contribution in [0.15, 0.2) is 48.5 Å². The van der Waals surface area contributed by atoms with E-state index in [1.807, 2.05) is 60.1 Å². The molecular formula is C18H17ClN2O2. The molecule has 23 heavy (non-hydrogen) atoms. The third-order valence-corrected chi connectivity index (χ3v) is 4.18. The number of benzene rings is 2. The number of halogens is 1. The molecule has 0 aliphatic rings. The van der Waals surface area contributed by atoms with Crippen LogP contribution in [0.4, 0.5) is 0 Å². The highest BCUT2D eigenvalue weighted by molar-refractivity contribution is 6.35. The molecule has 3 aromatic rings. The van der Waals surface area contributed by atoms with Crippen molar-refractivity contribution in [1.29, 1.82) is 0 Å². The summed E-state index contributed by atoms with van der Waals surface area (Å²) in [6.45, 7) is 0.436. The van der Waals surface area contributed by atoms with Gasteiger partial charge in [0.25, 0.3) is 5.91 Å². The van der Waals surface area contributed by atoms with E-state index >= 15 is 0 Å². The summed E-state index contributed by atoms with van der Waals surface area (Å²) < 4.78 is 7.04. The lowest BCUT2D eigenvalue weighted by Crippen LogP contribution is -2.24. The maximum atomic E-state index is 12.5. The largest absolute Gasteiger partial charge is 0.497 e. The normalized spacial score (nSPS) is 10.7. The molecule has 0 aliphatic heterocycles. The van der Waals surface area contributed by atoms with Crippen molar-refractivity contribution >= 4 is 28.4 Å². The lowest BCUT2D eigenvalue weighted by Gasteiger charge is -2.08. The highest BCUT2D eigenvalue weighted by Gasteiger charge is 2.14. The summed E-state index contributed by atoms with van der Waals surface area (Å²) in [7, 11) is 3.48. The molecule has 0 aliphatic carbocycles. The number of hydrogen-bond acceptors (Lipinski definition) is 2. The van der Waals surface area contributed by atoms with Gasteiger partial charge in [-0.2, -0.15) is 0 Å². The standard InChI is InChI=1S/C18H17ClN2O2/c1-21-16-8-4-7-15(19)14(16)10-17(21)18(22)20-11-12-5-3-6-13(9-12)23-2/h3-10H,11H2,1-2H3,(H,20,22). The molecule has 0 saturated heterocycles. The van der Waals surface area contributed by atoms with Crippen LogP contribution in [-0.4, -0.2) is 17.6 Å². The van der Waals surface area contributed by atoms with Crippen molar-refractivity contribution in [2.45, 2.75) is 6.54 Å². The average Bonchev–Trinajstić information content (AvgIpc) is 2.91. The van der Waals surface area contributed by atoms with Crippen LogP contribution in [0, 0.1) is 0 Å². The first-order valence-electron chi connectivity index (χ1n) is 7.25. The molecule has 1 aromatic heterocycles. The molecule has 1 N–H and O–H groups in total. The van der Waals surface area contributed by atoms with E-state index < -0.39 is 0 Å². The van der Waals surface area contributed by atoms with Crippen LogP contribution in [0.5, 0.6) is 5.75 Å². The number of nitrogens with one attached hydrogen (secondary N) is 1. The van der Waals surface area contributed by atoms with Crippen molar-refractivity contribution in [2.24, 2.45) is 7.05 Å². The minimum absolute atomic E-state index is 0.136. The molecule has 0 fully saturated rings. The average molecular weight is 329 g/mol. The van der Waals surface area contributed by atoms with E-state index in [0.717, 1.165) is 22.2 Å². The lowest BCUT2D eigenvalue weighted by molar-refractivity contribution is 0.0943. The van der Waals surface area contributed by atoms with Crippen molar-refractivity contribution in [3.63, 3.8) is 0 Å². The number of ether oxygens (including phenoxy) is 1. The predicted octanol–water partition coefficient (Wildman–Crippen LogP) is 3.77. The number of nitrogens with zero attached hydrogens (tertiary/aromatic N) is 1. The molecule has 2 aromatic carbocycles. The molecule has 0 saturated carbocycles. The van der Waals surface area contributed by atoms with Gasteiger partial charge < -0.3 is 14.6 Å². The van der Waals surface area contributed by atoms with E-state index in [4.69, 9.17) is 16.3 Å². The second-order valence-corrected chi connectivity index (χ2v) is 5.70. The zero-order valence-electron chi connectivity index (χ0n) is 13.0. The summed E-state index contributed by atoms with van der Waals surface area (Å²) in [6.07, 6.45) is 0. The highest BCUT2D eigenvalue weighted by atomic mass is 35.5. The first-order chi connectivity index (χ1) is 11.1.